The summed E-state index contributed by atoms with van der Waals surface area (Å²) < 4.78 is 2.16. The molecule has 0 saturated carbocycles. The lowest BCUT2D eigenvalue weighted by Gasteiger charge is -2.13. The van der Waals surface area contributed by atoms with Gasteiger partial charge in [0, 0.05) is 12.3 Å². The van der Waals surface area contributed by atoms with Gasteiger partial charge in [-0.3, -0.25) is 0 Å². The topological polar surface area (TPSA) is 32.6 Å². The van der Waals surface area contributed by atoms with Crippen LogP contribution in [-0.4, -0.2) is 10.1 Å². The third-order valence-corrected chi connectivity index (χ3v) is 5.30. The quantitative estimate of drug-likeness (QED) is 0.781. The van der Waals surface area contributed by atoms with Crippen LogP contribution in [0.1, 0.15) is 42.6 Å². The van der Waals surface area contributed by atoms with Crippen molar-refractivity contribution in [2.75, 3.05) is 0 Å². The van der Waals surface area contributed by atoms with Gasteiger partial charge in [0.15, 0.2) is 0 Å². The molecule has 0 bridgehead atoms. The second kappa shape index (κ2) is 4.90. The van der Waals surface area contributed by atoms with E-state index in [4.69, 9.17) is 0 Å². The second-order valence-corrected chi connectivity index (χ2v) is 7.85. The summed E-state index contributed by atoms with van der Waals surface area (Å²) in [5.74, 6) is 0. The molecular weight excluding hydrogens is 302 g/mol. The maximum atomic E-state index is 4.41. The Labute approximate surface area is 140 Å². The smallest absolute Gasteiger partial charge is 0.226 e. The van der Waals surface area contributed by atoms with Gasteiger partial charge in [-0.25, -0.2) is 4.98 Å². The Morgan fingerprint density at radius 1 is 1.00 bits per heavy atom. The Morgan fingerprint density at radius 3 is 2.65 bits per heavy atom. The number of hydrogen-bond donors (Lipinski definition) is 1. The minimum absolute atomic E-state index is 0.0939. The highest BCUT2D eigenvalue weighted by molar-refractivity contribution is 7.10. The van der Waals surface area contributed by atoms with Crippen molar-refractivity contribution in [1.29, 1.82) is 0 Å². The normalized spacial score (nSPS) is 24.1. The Bertz CT molecular complexity index is 812. The summed E-state index contributed by atoms with van der Waals surface area (Å²) >= 11 is 1.67. The highest BCUT2D eigenvalue weighted by Crippen LogP contribution is 2.28. The highest BCUT2D eigenvalue weighted by Gasteiger charge is 2.33. The molecule has 0 saturated heterocycles. The number of rotatable bonds is 1. The summed E-state index contributed by atoms with van der Waals surface area (Å²) in [5.41, 5.74) is 5.16. The van der Waals surface area contributed by atoms with E-state index < -0.39 is 0 Å². The summed E-state index contributed by atoms with van der Waals surface area (Å²) in [7, 11) is 0. The Hall–Kier alpha value is -2.20. The molecule has 1 N–H and O–H groups in total. The molecule has 4 heteroatoms. The monoisotopic (exact) mass is 322 g/mol. The molecule has 1 unspecified atom stereocenters. The number of nitrogens with zero attached hydrogens (tertiary/aromatic N) is 2. The fourth-order valence-corrected chi connectivity index (χ4v) is 3.51. The first-order chi connectivity index (χ1) is 11.0. The van der Waals surface area contributed by atoms with E-state index in [2.05, 4.69) is 90.3 Å². The molecule has 0 radical (unpaired) electrons. The van der Waals surface area contributed by atoms with Crippen molar-refractivity contribution in [2.24, 2.45) is 5.41 Å². The van der Waals surface area contributed by atoms with Crippen molar-refractivity contribution in [3.05, 3.63) is 57.8 Å². The summed E-state index contributed by atoms with van der Waals surface area (Å²) in [5, 5.41) is 3.53. The summed E-state index contributed by atoms with van der Waals surface area (Å²) in [6.45, 7) is 6.62. The molecule has 23 heavy (non-hydrogen) atoms. The van der Waals surface area contributed by atoms with Gasteiger partial charge in [-0.2, -0.15) is 5.10 Å². The van der Waals surface area contributed by atoms with E-state index >= 15 is 0 Å². The minimum atomic E-state index is -0.232. The fraction of sp³-hybridized carbons (Fsp3) is 0.263. The van der Waals surface area contributed by atoms with Crippen LogP contribution >= 0.6 is 11.3 Å². The third-order valence-electron chi connectivity index (χ3n) is 4.49. The molecule has 4 rings (SSSR count). The second-order valence-electron chi connectivity index (χ2n) is 6.96. The summed E-state index contributed by atoms with van der Waals surface area (Å²) in [6, 6.07) is 0. The number of aromatic amines is 1. The number of H-pyrrole nitrogens is 1. The van der Waals surface area contributed by atoms with Gasteiger partial charge in [-0.1, -0.05) is 26.0 Å². The maximum absolute atomic E-state index is 4.41. The van der Waals surface area contributed by atoms with Crippen molar-refractivity contribution in [1.82, 2.24) is 10.1 Å². The van der Waals surface area contributed by atoms with Crippen LogP contribution in [-0.2, 0) is 5.54 Å². The average molecular weight is 322 g/mol. The molecule has 0 spiro atoms. The predicted octanol–water partition coefficient (Wildman–Crippen LogP) is 4.28. The van der Waals surface area contributed by atoms with E-state index in [1.165, 1.54) is 10.4 Å². The average Bonchev–Trinajstić information content (AvgIpc) is 3.08. The first-order valence-corrected chi connectivity index (χ1v) is 8.69. The molecule has 0 fully saturated rings. The number of fused-ring (bicyclic) bond motifs is 2. The number of nitrogens with one attached hydrogen (secondary N) is 1. The van der Waals surface area contributed by atoms with Gasteiger partial charge in [0.25, 0.3) is 0 Å². The van der Waals surface area contributed by atoms with Crippen LogP contribution in [0.15, 0.2) is 36.0 Å². The van der Waals surface area contributed by atoms with Gasteiger partial charge in [-0.05, 0) is 36.5 Å². The van der Waals surface area contributed by atoms with E-state index in [0.29, 0.717) is 0 Å². The van der Waals surface area contributed by atoms with E-state index in [0.717, 1.165) is 11.4 Å². The zero-order chi connectivity index (χ0) is 16.1. The van der Waals surface area contributed by atoms with Gasteiger partial charge in [0.1, 0.15) is 5.69 Å². The fourth-order valence-electron chi connectivity index (χ4n) is 2.84. The van der Waals surface area contributed by atoms with Gasteiger partial charge in [0.05, 0.1) is 21.6 Å². The molecule has 1 atom stereocenters. The lowest BCUT2D eigenvalue weighted by atomic mass is 9.93. The van der Waals surface area contributed by atoms with Gasteiger partial charge >= 0.3 is 0 Å². The molecule has 0 aliphatic heterocycles. The lowest BCUT2D eigenvalue weighted by Crippen LogP contribution is -2.53. The summed E-state index contributed by atoms with van der Waals surface area (Å²) in [4.78, 5) is 5.62. The zero-order valence-corrected chi connectivity index (χ0v) is 14.4. The minimum Gasteiger partial charge on any atom is -0.245 e. The standard InChI is InChI=1S/C19H19N3S/c1-18(2)8-4-14-12-22(21-15(14)5-9-18)19(3)10-6-16-17(7-11-19)23-13-20-16/h4-13H,1-3H3/p+1. The molecule has 2 aliphatic rings. The lowest BCUT2D eigenvalue weighted by molar-refractivity contribution is -0.787. The largest absolute Gasteiger partial charge is 0.245 e. The Balaban J connectivity index is 1.75. The predicted molar refractivity (Wildman–Crippen MR) is 96.7 cm³/mol. The first-order valence-electron chi connectivity index (χ1n) is 7.81. The van der Waals surface area contributed by atoms with Crippen LogP contribution in [0.2, 0.25) is 0 Å². The van der Waals surface area contributed by atoms with Crippen molar-refractivity contribution < 1.29 is 4.68 Å². The number of hydrogen-bond acceptors (Lipinski definition) is 2. The van der Waals surface area contributed by atoms with Gasteiger partial charge in [0.2, 0.25) is 11.7 Å². The van der Waals surface area contributed by atoms with E-state index in [9.17, 15) is 0 Å². The third kappa shape index (κ3) is 2.53. The maximum Gasteiger partial charge on any atom is 0.226 e. The molecule has 2 aliphatic carbocycles. The molecule has 2 aromatic rings. The highest BCUT2D eigenvalue weighted by atomic mass is 32.1. The molecular formula is C19H20N3S+. The van der Waals surface area contributed by atoms with E-state index in [1.807, 2.05) is 5.51 Å². The van der Waals surface area contributed by atoms with E-state index in [-0.39, 0.29) is 11.0 Å². The molecule has 2 heterocycles. The summed E-state index contributed by atoms with van der Waals surface area (Å²) in [6.07, 6.45) is 19.7. The number of allylic oxidation sites excluding steroid dienone is 4. The van der Waals surface area contributed by atoms with Crippen molar-refractivity contribution in [3.8, 4) is 0 Å². The van der Waals surface area contributed by atoms with Crippen LogP contribution in [0.4, 0.5) is 0 Å². The van der Waals surface area contributed by atoms with Crippen LogP contribution in [0, 0.1) is 5.41 Å². The van der Waals surface area contributed by atoms with E-state index in [1.54, 1.807) is 11.3 Å². The molecule has 0 aromatic carbocycles. The molecule has 3 nitrogen and oxygen atoms in total. The zero-order valence-electron chi connectivity index (χ0n) is 13.6. The van der Waals surface area contributed by atoms with Gasteiger partial charge in [-0.15, -0.1) is 16.0 Å². The molecule has 0 amide bonds. The Kier molecular flexibility index (Phi) is 3.07. The van der Waals surface area contributed by atoms with Crippen molar-refractivity contribution in [3.63, 3.8) is 0 Å². The molecule has 2 aromatic heterocycles. The number of aromatic nitrogens is 3. The number of thiazole rings is 1. The Morgan fingerprint density at radius 2 is 1.78 bits per heavy atom. The van der Waals surface area contributed by atoms with Crippen LogP contribution in [0.5, 0.6) is 0 Å². The molecule has 116 valence electrons. The van der Waals surface area contributed by atoms with Crippen molar-refractivity contribution in [2.45, 2.75) is 26.3 Å². The SMILES string of the molecule is CC1(C)C=Cc2c[n+](C3(C)C=Cc4ncsc4C=C3)[nH]c2C=C1. The first kappa shape index (κ1) is 14.4. The van der Waals surface area contributed by atoms with Crippen LogP contribution < -0.4 is 4.68 Å². The van der Waals surface area contributed by atoms with Crippen molar-refractivity contribution >= 4 is 35.6 Å². The van der Waals surface area contributed by atoms with Crippen LogP contribution in [0.25, 0.3) is 24.3 Å². The van der Waals surface area contributed by atoms with Gasteiger partial charge < -0.3 is 0 Å². The van der Waals surface area contributed by atoms with Crippen LogP contribution in [0.3, 0.4) is 0 Å².